The zero-order valence-corrected chi connectivity index (χ0v) is 9.79. The molecule has 1 rings (SSSR count). The van der Waals surface area contributed by atoms with Gasteiger partial charge in [-0.2, -0.15) is 0 Å². The summed E-state index contributed by atoms with van der Waals surface area (Å²) in [7, 11) is 0. The molecule has 0 fully saturated rings. The van der Waals surface area contributed by atoms with E-state index in [1.165, 1.54) is 11.1 Å². The SMILES string of the molecule is Cc1cccc(CCNCC(C)CN)c1. The Kier molecular flexibility index (Phi) is 5.37. The van der Waals surface area contributed by atoms with Gasteiger partial charge >= 0.3 is 0 Å². The smallest absolute Gasteiger partial charge is 0.000823 e. The van der Waals surface area contributed by atoms with Crippen molar-refractivity contribution in [2.75, 3.05) is 19.6 Å². The third-order valence-corrected chi connectivity index (χ3v) is 2.57. The van der Waals surface area contributed by atoms with Gasteiger partial charge in [-0.25, -0.2) is 0 Å². The van der Waals surface area contributed by atoms with E-state index in [0.717, 1.165) is 26.1 Å². The molecule has 1 unspecified atom stereocenters. The maximum atomic E-state index is 5.55. The highest BCUT2D eigenvalue weighted by Gasteiger charge is 1.98. The lowest BCUT2D eigenvalue weighted by Gasteiger charge is -2.09. The van der Waals surface area contributed by atoms with Crippen molar-refractivity contribution in [3.05, 3.63) is 35.4 Å². The normalized spacial score (nSPS) is 12.7. The van der Waals surface area contributed by atoms with E-state index in [1.54, 1.807) is 0 Å². The van der Waals surface area contributed by atoms with Crippen LogP contribution in [-0.4, -0.2) is 19.6 Å². The molecule has 0 aliphatic carbocycles. The van der Waals surface area contributed by atoms with Gasteiger partial charge in [-0.05, 0) is 44.5 Å². The first-order valence-corrected chi connectivity index (χ1v) is 5.68. The highest BCUT2D eigenvalue weighted by molar-refractivity contribution is 5.22. The summed E-state index contributed by atoms with van der Waals surface area (Å²) >= 11 is 0. The van der Waals surface area contributed by atoms with Crippen LogP contribution < -0.4 is 11.1 Å². The monoisotopic (exact) mass is 206 g/mol. The lowest BCUT2D eigenvalue weighted by atomic mass is 10.1. The number of nitrogens with two attached hydrogens (primary N) is 1. The van der Waals surface area contributed by atoms with Crippen molar-refractivity contribution in [3.8, 4) is 0 Å². The summed E-state index contributed by atoms with van der Waals surface area (Å²) in [6.07, 6.45) is 1.10. The minimum atomic E-state index is 0.572. The second-order valence-electron chi connectivity index (χ2n) is 4.28. The zero-order valence-electron chi connectivity index (χ0n) is 9.79. The number of hydrogen-bond acceptors (Lipinski definition) is 2. The van der Waals surface area contributed by atoms with Crippen LogP contribution in [0, 0.1) is 12.8 Å². The standard InChI is InChI=1S/C13H22N2/c1-11-4-3-5-13(8-11)6-7-15-10-12(2)9-14/h3-5,8,12,15H,6-7,9-10,14H2,1-2H3. The predicted octanol–water partition coefficient (Wildman–Crippen LogP) is 1.72. The zero-order chi connectivity index (χ0) is 11.1. The van der Waals surface area contributed by atoms with E-state index in [2.05, 4.69) is 43.4 Å². The molecule has 3 N–H and O–H groups in total. The van der Waals surface area contributed by atoms with E-state index in [0.29, 0.717) is 5.92 Å². The van der Waals surface area contributed by atoms with Crippen molar-refractivity contribution in [1.29, 1.82) is 0 Å². The summed E-state index contributed by atoms with van der Waals surface area (Å²) in [6, 6.07) is 8.68. The minimum absolute atomic E-state index is 0.572. The third-order valence-electron chi connectivity index (χ3n) is 2.57. The van der Waals surface area contributed by atoms with Gasteiger partial charge in [0, 0.05) is 0 Å². The van der Waals surface area contributed by atoms with Crippen LogP contribution in [0.2, 0.25) is 0 Å². The Bertz CT molecular complexity index is 284. The van der Waals surface area contributed by atoms with Crippen molar-refractivity contribution in [3.63, 3.8) is 0 Å². The Morgan fingerprint density at radius 2 is 2.20 bits per heavy atom. The summed E-state index contributed by atoms with van der Waals surface area (Å²) in [4.78, 5) is 0. The fraction of sp³-hybridized carbons (Fsp3) is 0.538. The molecular formula is C13H22N2. The fourth-order valence-corrected chi connectivity index (χ4v) is 1.53. The van der Waals surface area contributed by atoms with Gasteiger partial charge in [0.25, 0.3) is 0 Å². The Balaban J connectivity index is 2.20. The Hall–Kier alpha value is -0.860. The topological polar surface area (TPSA) is 38.0 Å². The summed E-state index contributed by atoms with van der Waals surface area (Å²) in [5.41, 5.74) is 8.29. The summed E-state index contributed by atoms with van der Waals surface area (Å²) in [5, 5.41) is 3.42. The van der Waals surface area contributed by atoms with Gasteiger partial charge in [-0.3, -0.25) is 0 Å². The van der Waals surface area contributed by atoms with E-state index < -0.39 is 0 Å². The Labute approximate surface area is 92.9 Å². The molecule has 0 aliphatic rings. The van der Waals surface area contributed by atoms with Crippen LogP contribution in [-0.2, 0) is 6.42 Å². The first kappa shape index (κ1) is 12.2. The first-order chi connectivity index (χ1) is 7.22. The van der Waals surface area contributed by atoms with Crippen LogP contribution in [0.4, 0.5) is 0 Å². The van der Waals surface area contributed by atoms with E-state index in [1.807, 2.05) is 0 Å². The molecule has 84 valence electrons. The van der Waals surface area contributed by atoms with E-state index in [4.69, 9.17) is 5.73 Å². The van der Waals surface area contributed by atoms with Crippen LogP contribution in [0.5, 0.6) is 0 Å². The number of benzene rings is 1. The van der Waals surface area contributed by atoms with Crippen molar-refractivity contribution in [2.45, 2.75) is 20.3 Å². The van der Waals surface area contributed by atoms with Crippen molar-refractivity contribution < 1.29 is 0 Å². The lowest BCUT2D eigenvalue weighted by Crippen LogP contribution is -2.27. The number of hydrogen-bond donors (Lipinski definition) is 2. The second-order valence-corrected chi connectivity index (χ2v) is 4.28. The largest absolute Gasteiger partial charge is 0.330 e. The number of nitrogens with one attached hydrogen (secondary N) is 1. The predicted molar refractivity (Wildman–Crippen MR) is 66.0 cm³/mol. The molecule has 1 aromatic carbocycles. The van der Waals surface area contributed by atoms with Gasteiger partial charge in [0.1, 0.15) is 0 Å². The van der Waals surface area contributed by atoms with Gasteiger partial charge in [0.15, 0.2) is 0 Å². The molecule has 1 aromatic rings. The molecule has 2 nitrogen and oxygen atoms in total. The van der Waals surface area contributed by atoms with Gasteiger partial charge in [0.2, 0.25) is 0 Å². The van der Waals surface area contributed by atoms with E-state index in [-0.39, 0.29) is 0 Å². The van der Waals surface area contributed by atoms with Crippen molar-refractivity contribution in [2.24, 2.45) is 11.7 Å². The molecule has 0 saturated heterocycles. The van der Waals surface area contributed by atoms with Crippen LogP contribution in [0.3, 0.4) is 0 Å². The molecule has 0 aliphatic heterocycles. The minimum Gasteiger partial charge on any atom is -0.330 e. The average molecular weight is 206 g/mol. The molecule has 0 spiro atoms. The Morgan fingerprint density at radius 3 is 2.87 bits per heavy atom. The second kappa shape index (κ2) is 6.59. The molecule has 0 aromatic heterocycles. The maximum absolute atomic E-state index is 5.55. The number of aryl methyl sites for hydroxylation is 1. The van der Waals surface area contributed by atoms with Crippen LogP contribution in [0.1, 0.15) is 18.1 Å². The molecular weight excluding hydrogens is 184 g/mol. The van der Waals surface area contributed by atoms with Gasteiger partial charge in [-0.15, -0.1) is 0 Å². The maximum Gasteiger partial charge on any atom is -0.000823 e. The van der Waals surface area contributed by atoms with Crippen molar-refractivity contribution >= 4 is 0 Å². The third kappa shape index (κ3) is 4.96. The molecule has 0 saturated carbocycles. The average Bonchev–Trinajstić information content (AvgIpc) is 2.24. The van der Waals surface area contributed by atoms with Gasteiger partial charge < -0.3 is 11.1 Å². The molecule has 0 heterocycles. The number of rotatable bonds is 6. The highest BCUT2D eigenvalue weighted by atomic mass is 14.9. The molecule has 2 heteroatoms. The van der Waals surface area contributed by atoms with Gasteiger partial charge in [0.05, 0.1) is 0 Å². The fourth-order valence-electron chi connectivity index (χ4n) is 1.53. The quantitative estimate of drug-likeness (QED) is 0.696. The summed E-state index contributed by atoms with van der Waals surface area (Å²) in [6.45, 7) is 7.11. The Morgan fingerprint density at radius 1 is 1.40 bits per heavy atom. The molecule has 0 bridgehead atoms. The first-order valence-electron chi connectivity index (χ1n) is 5.68. The van der Waals surface area contributed by atoms with Crippen LogP contribution in [0.15, 0.2) is 24.3 Å². The summed E-state index contributed by atoms with van der Waals surface area (Å²) in [5.74, 6) is 0.572. The highest BCUT2D eigenvalue weighted by Crippen LogP contribution is 2.03. The van der Waals surface area contributed by atoms with Crippen LogP contribution in [0.25, 0.3) is 0 Å². The molecule has 0 amide bonds. The molecule has 1 atom stereocenters. The van der Waals surface area contributed by atoms with E-state index >= 15 is 0 Å². The lowest BCUT2D eigenvalue weighted by molar-refractivity contribution is 0.524. The van der Waals surface area contributed by atoms with Gasteiger partial charge in [-0.1, -0.05) is 36.8 Å². The van der Waals surface area contributed by atoms with Crippen LogP contribution >= 0.6 is 0 Å². The summed E-state index contributed by atoms with van der Waals surface area (Å²) < 4.78 is 0. The molecule has 0 radical (unpaired) electrons. The van der Waals surface area contributed by atoms with Crippen molar-refractivity contribution in [1.82, 2.24) is 5.32 Å². The molecule has 15 heavy (non-hydrogen) atoms. The van der Waals surface area contributed by atoms with E-state index in [9.17, 15) is 0 Å².